The van der Waals surface area contributed by atoms with E-state index >= 15 is 0 Å². The molecule has 5 nitrogen and oxygen atoms in total. The molecule has 1 aromatic heterocycles. The molecule has 2 aromatic carbocycles. The Labute approximate surface area is 145 Å². The third-order valence-electron chi connectivity index (χ3n) is 4.21. The zero-order valence-electron chi connectivity index (χ0n) is 14.0. The standard InChI is InChI=1S/C20H20N2O3/c1-13(19(21)23)10-11-22-20(24)15-8-6-14(7-9-15)18-12-16-4-2-3-5-17(16)25-18/h2-9,12-13H,10-11H2,1H3,(H2,21,23)(H,22,24). The molecule has 1 unspecified atom stereocenters. The first kappa shape index (κ1) is 16.8. The van der Waals surface area contributed by atoms with Gasteiger partial charge in [-0.2, -0.15) is 0 Å². The summed E-state index contributed by atoms with van der Waals surface area (Å²) in [7, 11) is 0. The van der Waals surface area contributed by atoms with Crippen LogP contribution < -0.4 is 11.1 Å². The topological polar surface area (TPSA) is 85.3 Å². The summed E-state index contributed by atoms with van der Waals surface area (Å²) < 4.78 is 5.82. The van der Waals surface area contributed by atoms with E-state index in [0.29, 0.717) is 18.5 Å². The highest BCUT2D eigenvalue weighted by atomic mass is 16.3. The molecule has 1 heterocycles. The number of benzene rings is 2. The minimum atomic E-state index is -0.357. The lowest BCUT2D eigenvalue weighted by Gasteiger charge is -2.08. The van der Waals surface area contributed by atoms with Crippen molar-refractivity contribution in [3.05, 3.63) is 60.2 Å². The van der Waals surface area contributed by atoms with Gasteiger partial charge >= 0.3 is 0 Å². The van der Waals surface area contributed by atoms with Gasteiger partial charge in [-0.25, -0.2) is 0 Å². The van der Waals surface area contributed by atoms with Crippen LogP contribution in [0, 0.1) is 5.92 Å². The Morgan fingerprint density at radius 1 is 1.12 bits per heavy atom. The van der Waals surface area contributed by atoms with Crippen molar-refractivity contribution in [2.75, 3.05) is 6.54 Å². The maximum Gasteiger partial charge on any atom is 0.251 e. The van der Waals surface area contributed by atoms with Crippen LogP contribution in [0.2, 0.25) is 0 Å². The maximum atomic E-state index is 12.1. The number of hydrogen-bond donors (Lipinski definition) is 2. The molecular formula is C20H20N2O3. The molecule has 3 N–H and O–H groups in total. The zero-order chi connectivity index (χ0) is 17.8. The van der Waals surface area contributed by atoms with Gasteiger partial charge in [0, 0.05) is 29.0 Å². The summed E-state index contributed by atoms with van der Waals surface area (Å²) in [5, 5.41) is 3.84. The molecule has 0 aliphatic carbocycles. The Bertz CT molecular complexity index is 864. The predicted octanol–water partition coefficient (Wildman–Crippen LogP) is 3.34. The predicted molar refractivity (Wildman–Crippen MR) is 97.0 cm³/mol. The normalized spacial score (nSPS) is 12.0. The highest BCUT2D eigenvalue weighted by Crippen LogP contribution is 2.27. The summed E-state index contributed by atoms with van der Waals surface area (Å²) in [4.78, 5) is 23.1. The van der Waals surface area contributed by atoms with Crippen molar-refractivity contribution in [2.24, 2.45) is 11.7 Å². The van der Waals surface area contributed by atoms with E-state index in [-0.39, 0.29) is 17.7 Å². The molecule has 25 heavy (non-hydrogen) atoms. The average molecular weight is 336 g/mol. The highest BCUT2D eigenvalue weighted by Gasteiger charge is 2.11. The molecule has 0 radical (unpaired) electrons. The number of carbonyl (C=O) groups is 2. The number of para-hydroxylation sites is 1. The fourth-order valence-corrected chi connectivity index (χ4v) is 2.56. The van der Waals surface area contributed by atoms with E-state index in [2.05, 4.69) is 5.32 Å². The van der Waals surface area contributed by atoms with Crippen molar-refractivity contribution in [3.8, 4) is 11.3 Å². The Hall–Kier alpha value is -3.08. The lowest BCUT2D eigenvalue weighted by atomic mass is 10.1. The average Bonchev–Trinajstić information content (AvgIpc) is 3.05. The fraction of sp³-hybridized carbons (Fsp3) is 0.200. The van der Waals surface area contributed by atoms with Crippen molar-refractivity contribution < 1.29 is 14.0 Å². The molecule has 5 heteroatoms. The number of primary amides is 1. The molecule has 0 saturated carbocycles. The second-order valence-electron chi connectivity index (χ2n) is 6.07. The second kappa shape index (κ2) is 7.21. The Morgan fingerprint density at radius 2 is 1.84 bits per heavy atom. The van der Waals surface area contributed by atoms with Gasteiger partial charge in [-0.15, -0.1) is 0 Å². The van der Waals surface area contributed by atoms with Crippen LogP contribution in [0.25, 0.3) is 22.3 Å². The molecule has 0 spiro atoms. The Kier molecular flexibility index (Phi) is 4.84. The number of hydrogen-bond acceptors (Lipinski definition) is 3. The van der Waals surface area contributed by atoms with Crippen LogP contribution in [0.5, 0.6) is 0 Å². The van der Waals surface area contributed by atoms with Crippen LogP contribution in [-0.4, -0.2) is 18.4 Å². The highest BCUT2D eigenvalue weighted by molar-refractivity contribution is 5.94. The minimum Gasteiger partial charge on any atom is -0.456 e. The van der Waals surface area contributed by atoms with Crippen molar-refractivity contribution >= 4 is 22.8 Å². The molecule has 0 saturated heterocycles. The van der Waals surface area contributed by atoms with E-state index < -0.39 is 0 Å². The summed E-state index contributed by atoms with van der Waals surface area (Å²) in [6, 6.07) is 17.0. The molecular weight excluding hydrogens is 316 g/mol. The molecule has 2 amide bonds. The Morgan fingerprint density at radius 3 is 2.52 bits per heavy atom. The van der Waals surface area contributed by atoms with Gasteiger partial charge in [0.05, 0.1) is 0 Å². The SMILES string of the molecule is CC(CCNC(=O)c1ccc(-c2cc3ccccc3o2)cc1)C(N)=O. The molecule has 0 fully saturated rings. The van der Waals surface area contributed by atoms with Crippen LogP contribution in [0.1, 0.15) is 23.7 Å². The van der Waals surface area contributed by atoms with Gasteiger partial charge in [-0.05, 0) is 30.7 Å². The first-order valence-electron chi connectivity index (χ1n) is 8.21. The van der Waals surface area contributed by atoms with E-state index in [1.165, 1.54) is 0 Å². The minimum absolute atomic E-state index is 0.173. The lowest BCUT2D eigenvalue weighted by Crippen LogP contribution is -2.29. The number of nitrogens with two attached hydrogens (primary N) is 1. The van der Waals surface area contributed by atoms with Crippen molar-refractivity contribution in [1.82, 2.24) is 5.32 Å². The van der Waals surface area contributed by atoms with Crippen molar-refractivity contribution in [1.29, 1.82) is 0 Å². The number of rotatable bonds is 6. The van der Waals surface area contributed by atoms with E-state index in [1.807, 2.05) is 42.5 Å². The molecule has 0 bridgehead atoms. The van der Waals surface area contributed by atoms with Crippen LogP contribution in [0.4, 0.5) is 0 Å². The third kappa shape index (κ3) is 3.88. The number of furan rings is 1. The third-order valence-corrected chi connectivity index (χ3v) is 4.21. The number of amides is 2. The van der Waals surface area contributed by atoms with Gasteiger partial charge in [-0.1, -0.05) is 37.3 Å². The number of nitrogens with one attached hydrogen (secondary N) is 1. The van der Waals surface area contributed by atoms with E-state index in [4.69, 9.17) is 10.2 Å². The Balaban J connectivity index is 1.65. The molecule has 0 aliphatic rings. The number of fused-ring (bicyclic) bond motifs is 1. The van der Waals surface area contributed by atoms with Crippen molar-refractivity contribution in [3.63, 3.8) is 0 Å². The summed E-state index contributed by atoms with van der Waals surface area (Å²) in [6.45, 7) is 2.16. The van der Waals surface area contributed by atoms with E-state index in [9.17, 15) is 9.59 Å². The van der Waals surface area contributed by atoms with Crippen LogP contribution in [0.15, 0.2) is 59.0 Å². The first-order chi connectivity index (χ1) is 12.0. The number of carbonyl (C=O) groups excluding carboxylic acids is 2. The van der Waals surface area contributed by atoms with Crippen molar-refractivity contribution in [2.45, 2.75) is 13.3 Å². The largest absolute Gasteiger partial charge is 0.456 e. The molecule has 128 valence electrons. The van der Waals surface area contributed by atoms with Gasteiger partial charge in [0.25, 0.3) is 5.91 Å². The van der Waals surface area contributed by atoms with Crippen LogP contribution >= 0.6 is 0 Å². The lowest BCUT2D eigenvalue weighted by molar-refractivity contribution is -0.121. The van der Waals surface area contributed by atoms with Gasteiger partial charge < -0.3 is 15.5 Å². The molecule has 0 aliphatic heterocycles. The summed E-state index contributed by atoms with van der Waals surface area (Å²) in [6.07, 6.45) is 0.526. The monoisotopic (exact) mass is 336 g/mol. The summed E-state index contributed by atoms with van der Waals surface area (Å²) in [5.41, 5.74) is 7.51. The summed E-state index contributed by atoms with van der Waals surface area (Å²) in [5.74, 6) is -0.0172. The van der Waals surface area contributed by atoms with E-state index in [0.717, 1.165) is 22.3 Å². The molecule has 1 atom stereocenters. The van der Waals surface area contributed by atoms with E-state index in [1.54, 1.807) is 19.1 Å². The van der Waals surface area contributed by atoms with Gasteiger partial charge in [0.2, 0.25) is 5.91 Å². The molecule has 3 aromatic rings. The maximum absolute atomic E-state index is 12.1. The summed E-state index contributed by atoms with van der Waals surface area (Å²) >= 11 is 0. The van der Waals surface area contributed by atoms with Gasteiger partial charge in [0.1, 0.15) is 11.3 Å². The second-order valence-corrected chi connectivity index (χ2v) is 6.07. The van der Waals surface area contributed by atoms with Crippen LogP contribution in [0.3, 0.4) is 0 Å². The van der Waals surface area contributed by atoms with Gasteiger partial charge in [-0.3, -0.25) is 9.59 Å². The molecule has 3 rings (SSSR count). The first-order valence-corrected chi connectivity index (χ1v) is 8.21. The fourth-order valence-electron chi connectivity index (χ4n) is 2.56. The van der Waals surface area contributed by atoms with Gasteiger partial charge in [0.15, 0.2) is 0 Å². The smallest absolute Gasteiger partial charge is 0.251 e. The quantitative estimate of drug-likeness (QED) is 0.724. The zero-order valence-corrected chi connectivity index (χ0v) is 14.0. The van der Waals surface area contributed by atoms with Crippen LogP contribution in [-0.2, 0) is 4.79 Å².